The number of hydrogen-bond donors (Lipinski definition) is 1. The highest BCUT2D eigenvalue weighted by Crippen LogP contribution is 2.41. The lowest BCUT2D eigenvalue weighted by Gasteiger charge is -2.39. The largest absolute Gasteiger partial charge is 0.421 e. The van der Waals surface area contributed by atoms with Crippen LogP contribution in [0.15, 0.2) is 48.1 Å². The van der Waals surface area contributed by atoms with Crippen molar-refractivity contribution in [2.24, 2.45) is 11.8 Å². The predicted molar refractivity (Wildman–Crippen MR) is 118 cm³/mol. The number of allylic oxidation sites excluding steroid dienone is 4. The zero-order chi connectivity index (χ0) is 23.8. The summed E-state index contributed by atoms with van der Waals surface area (Å²) in [5.41, 5.74) is -2.16. The first-order valence-corrected chi connectivity index (χ1v) is 11.6. The predicted octanol–water partition coefficient (Wildman–Crippen LogP) is 5.65. The molecule has 1 N–H and O–H groups in total. The number of benzene rings is 1. The third-order valence-electron chi connectivity index (χ3n) is 7.42. The third kappa shape index (κ3) is 4.86. The molecule has 176 valence electrons. The van der Waals surface area contributed by atoms with Crippen LogP contribution in [-0.4, -0.2) is 34.2 Å². The maximum Gasteiger partial charge on any atom is 0.421 e. The lowest BCUT2D eigenvalue weighted by Crippen LogP contribution is -2.44. The molecule has 0 spiro atoms. The number of amides is 1. The van der Waals surface area contributed by atoms with Gasteiger partial charge in [0.15, 0.2) is 5.60 Å². The van der Waals surface area contributed by atoms with Crippen molar-refractivity contribution in [1.82, 2.24) is 4.90 Å². The molecule has 0 aromatic heterocycles. The van der Waals surface area contributed by atoms with Gasteiger partial charge in [0.2, 0.25) is 0 Å². The van der Waals surface area contributed by atoms with Crippen LogP contribution >= 0.6 is 0 Å². The Morgan fingerprint density at radius 1 is 1.06 bits per heavy atom. The Labute approximate surface area is 192 Å². The molecule has 0 radical (unpaired) electrons. The molecule has 1 aromatic carbocycles. The Bertz CT molecular complexity index is 976. The Kier molecular flexibility index (Phi) is 6.41. The standard InChI is InChI=1S/C26H29F3N2O2/c1-25(33,26(27,28)29)21-10-6-20(7-11-21)24(32)31(23-14-15-23)22-12-8-19(9-13-22)18-4-2-17(16-30)3-5-18/h2-4,6-7,10-11,18-19,22-23,33H,5,8-9,12-15H2,1H3/t18?,19?,22?,25-/m0/s1. The number of rotatable bonds is 5. The Morgan fingerprint density at radius 2 is 1.64 bits per heavy atom. The first kappa shape index (κ1) is 23.6. The molecular formula is C26H29F3N2O2. The minimum absolute atomic E-state index is 0.136. The molecule has 3 aliphatic carbocycles. The van der Waals surface area contributed by atoms with Crippen molar-refractivity contribution in [3.8, 4) is 6.07 Å². The highest BCUT2D eigenvalue weighted by atomic mass is 19.4. The van der Waals surface area contributed by atoms with Gasteiger partial charge in [-0.15, -0.1) is 0 Å². The van der Waals surface area contributed by atoms with E-state index in [4.69, 9.17) is 5.26 Å². The van der Waals surface area contributed by atoms with Gasteiger partial charge in [0.1, 0.15) is 0 Å². The van der Waals surface area contributed by atoms with E-state index in [1.807, 2.05) is 17.1 Å². The van der Waals surface area contributed by atoms with Crippen LogP contribution in [0.3, 0.4) is 0 Å². The zero-order valence-corrected chi connectivity index (χ0v) is 18.7. The first-order valence-electron chi connectivity index (χ1n) is 11.6. The number of halogens is 3. The maximum atomic E-state index is 13.3. The van der Waals surface area contributed by atoms with Crippen molar-refractivity contribution < 1.29 is 23.1 Å². The van der Waals surface area contributed by atoms with Gasteiger partial charge in [0.25, 0.3) is 5.91 Å². The van der Waals surface area contributed by atoms with Gasteiger partial charge in [0, 0.05) is 23.2 Å². The van der Waals surface area contributed by atoms with Gasteiger partial charge in [-0.25, -0.2) is 0 Å². The lowest BCUT2D eigenvalue weighted by atomic mass is 9.75. The summed E-state index contributed by atoms with van der Waals surface area (Å²) in [4.78, 5) is 15.3. The normalized spacial score (nSPS) is 27.3. The van der Waals surface area contributed by atoms with Crippen LogP contribution in [-0.2, 0) is 5.60 Å². The van der Waals surface area contributed by atoms with Crippen LogP contribution in [0.25, 0.3) is 0 Å². The molecule has 1 amide bonds. The fourth-order valence-electron chi connectivity index (χ4n) is 5.11. The van der Waals surface area contributed by atoms with Crippen molar-refractivity contribution in [1.29, 1.82) is 5.26 Å². The summed E-state index contributed by atoms with van der Waals surface area (Å²) in [5.74, 6) is 0.828. The summed E-state index contributed by atoms with van der Waals surface area (Å²) in [5, 5.41) is 18.9. The van der Waals surface area contributed by atoms with Crippen molar-refractivity contribution in [2.45, 2.75) is 75.7 Å². The minimum Gasteiger partial charge on any atom is -0.376 e. The van der Waals surface area contributed by atoms with Gasteiger partial charge < -0.3 is 10.0 Å². The zero-order valence-electron chi connectivity index (χ0n) is 18.7. The molecule has 1 aromatic rings. The molecule has 0 aliphatic heterocycles. The van der Waals surface area contributed by atoms with Crippen LogP contribution < -0.4 is 0 Å². The highest BCUT2D eigenvalue weighted by molar-refractivity contribution is 5.95. The molecule has 4 nitrogen and oxygen atoms in total. The second-order valence-corrected chi connectivity index (χ2v) is 9.69. The Balaban J connectivity index is 1.42. The summed E-state index contributed by atoms with van der Waals surface area (Å²) in [6.45, 7) is 0.719. The molecule has 0 bridgehead atoms. The number of carbonyl (C=O) groups excluding carboxylic acids is 1. The van der Waals surface area contributed by atoms with Crippen molar-refractivity contribution in [3.63, 3.8) is 0 Å². The van der Waals surface area contributed by atoms with E-state index in [0.717, 1.165) is 51.9 Å². The van der Waals surface area contributed by atoms with Gasteiger partial charge in [-0.3, -0.25) is 4.79 Å². The number of nitrogens with zero attached hydrogens (tertiary/aromatic N) is 2. The first-order chi connectivity index (χ1) is 15.6. The lowest BCUT2D eigenvalue weighted by molar-refractivity contribution is -0.258. The molecular weight excluding hydrogens is 429 g/mol. The topological polar surface area (TPSA) is 64.3 Å². The number of alkyl halides is 3. The average molecular weight is 459 g/mol. The maximum absolute atomic E-state index is 13.3. The monoisotopic (exact) mass is 458 g/mol. The van der Waals surface area contributed by atoms with E-state index in [0.29, 0.717) is 23.0 Å². The van der Waals surface area contributed by atoms with Crippen LogP contribution in [0.5, 0.6) is 0 Å². The molecule has 7 heteroatoms. The summed E-state index contributed by atoms with van der Waals surface area (Å²) >= 11 is 0. The number of nitriles is 1. The van der Waals surface area contributed by atoms with E-state index in [1.54, 1.807) is 0 Å². The fraction of sp³-hybridized carbons (Fsp3) is 0.538. The number of aliphatic hydroxyl groups is 1. The molecule has 3 aliphatic rings. The second-order valence-electron chi connectivity index (χ2n) is 9.69. The molecule has 0 saturated heterocycles. The molecule has 2 fully saturated rings. The van der Waals surface area contributed by atoms with E-state index in [2.05, 4.69) is 12.1 Å². The summed E-state index contributed by atoms with van der Waals surface area (Å²) < 4.78 is 39.4. The van der Waals surface area contributed by atoms with Gasteiger partial charge in [-0.2, -0.15) is 18.4 Å². The summed E-state index contributed by atoms with van der Waals surface area (Å²) in [6.07, 6.45) is 7.89. The van der Waals surface area contributed by atoms with Crippen LogP contribution in [0, 0.1) is 23.2 Å². The van der Waals surface area contributed by atoms with E-state index >= 15 is 0 Å². The van der Waals surface area contributed by atoms with Gasteiger partial charge in [-0.05, 0) is 87.5 Å². The van der Waals surface area contributed by atoms with Crippen LogP contribution in [0.1, 0.15) is 67.8 Å². The van der Waals surface area contributed by atoms with Crippen LogP contribution in [0.4, 0.5) is 13.2 Å². The Hall–Kier alpha value is -2.59. The summed E-state index contributed by atoms with van der Waals surface area (Å²) in [7, 11) is 0. The second kappa shape index (κ2) is 8.98. The van der Waals surface area contributed by atoms with Crippen molar-refractivity contribution in [3.05, 3.63) is 59.2 Å². The van der Waals surface area contributed by atoms with Gasteiger partial charge in [-0.1, -0.05) is 24.3 Å². The van der Waals surface area contributed by atoms with E-state index < -0.39 is 11.8 Å². The SMILES string of the molecule is C[C@](O)(c1ccc(C(=O)N(C2CCC(C3C=CC(C#N)=CC3)CC2)C2CC2)cc1)C(F)(F)F. The van der Waals surface area contributed by atoms with E-state index in [-0.39, 0.29) is 23.6 Å². The molecule has 2 atom stereocenters. The minimum atomic E-state index is -4.79. The van der Waals surface area contributed by atoms with Crippen molar-refractivity contribution in [2.75, 3.05) is 0 Å². The molecule has 1 unspecified atom stereocenters. The number of hydrogen-bond acceptors (Lipinski definition) is 3. The molecule has 4 rings (SSSR count). The molecule has 2 saturated carbocycles. The van der Waals surface area contributed by atoms with E-state index in [9.17, 15) is 23.1 Å². The summed E-state index contributed by atoms with van der Waals surface area (Å²) in [6, 6.07) is 7.69. The molecule has 0 heterocycles. The average Bonchev–Trinajstić information content (AvgIpc) is 3.64. The third-order valence-corrected chi connectivity index (χ3v) is 7.42. The number of carbonyl (C=O) groups is 1. The highest BCUT2D eigenvalue weighted by Gasteiger charge is 2.51. The fourth-order valence-corrected chi connectivity index (χ4v) is 5.11. The Morgan fingerprint density at radius 3 is 2.09 bits per heavy atom. The quantitative estimate of drug-likeness (QED) is 0.621. The van der Waals surface area contributed by atoms with Gasteiger partial charge >= 0.3 is 6.18 Å². The van der Waals surface area contributed by atoms with Crippen molar-refractivity contribution >= 4 is 5.91 Å². The van der Waals surface area contributed by atoms with Crippen LogP contribution in [0.2, 0.25) is 0 Å². The molecule has 33 heavy (non-hydrogen) atoms. The smallest absolute Gasteiger partial charge is 0.376 e. The van der Waals surface area contributed by atoms with Gasteiger partial charge in [0.05, 0.1) is 6.07 Å². The van der Waals surface area contributed by atoms with E-state index in [1.165, 1.54) is 24.3 Å².